The van der Waals surface area contributed by atoms with Gasteiger partial charge in [0.25, 0.3) is 0 Å². The first-order valence-corrected chi connectivity index (χ1v) is 15.6. The zero-order valence-electron chi connectivity index (χ0n) is 26.7. The Morgan fingerprint density at radius 1 is 1.02 bits per heavy atom. The van der Waals surface area contributed by atoms with Crippen molar-refractivity contribution in [2.75, 3.05) is 20.3 Å². The first kappa shape index (κ1) is 30.9. The third-order valence-corrected chi connectivity index (χ3v) is 13.1. The maximum absolute atomic E-state index is 14.6. The number of hydrogen-bond acceptors (Lipinski definition) is 5. The summed E-state index contributed by atoms with van der Waals surface area (Å²) in [5.41, 5.74) is -1.35. The van der Waals surface area contributed by atoms with Gasteiger partial charge in [0.05, 0.1) is 13.1 Å². The number of ketones is 3. The van der Waals surface area contributed by atoms with Gasteiger partial charge in [-0.1, -0.05) is 60.1 Å². The molecule has 7 heteroatoms. The summed E-state index contributed by atoms with van der Waals surface area (Å²) in [5, 5.41) is 2.76. The lowest BCUT2D eigenvalue weighted by atomic mass is 9.34. The first-order chi connectivity index (χ1) is 19.4. The predicted octanol–water partition coefficient (Wildman–Crippen LogP) is 5.89. The number of allylic oxidation sites excluding steroid dienone is 4. The average molecular weight is 577 g/mol. The molecule has 0 heterocycles. The second kappa shape index (κ2) is 9.71. The molecule has 5 rings (SSSR count). The van der Waals surface area contributed by atoms with E-state index in [4.69, 9.17) is 11.3 Å². The van der Waals surface area contributed by atoms with Crippen molar-refractivity contribution in [3.8, 4) is 0 Å². The molecule has 5 aliphatic rings. The van der Waals surface area contributed by atoms with Crippen LogP contribution >= 0.6 is 0 Å². The van der Waals surface area contributed by atoms with Crippen LogP contribution in [0.2, 0.25) is 0 Å². The number of Topliss-reactive ketones (excluding diaryl/α,β-unsaturated/α-hetero) is 2. The van der Waals surface area contributed by atoms with E-state index in [0.717, 1.165) is 44.1 Å². The lowest BCUT2D eigenvalue weighted by Crippen LogP contribution is -2.66. The monoisotopic (exact) mass is 576 g/mol. The highest BCUT2D eigenvalue weighted by atomic mass is 16.5. The Hall–Kier alpha value is -2.59. The Morgan fingerprint density at radius 2 is 1.69 bits per heavy atom. The number of carbonyl (C=O) groups excluding carboxylic acids is 4. The summed E-state index contributed by atoms with van der Waals surface area (Å²) in [6.07, 6.45) is 9.33. The Balaban J connectivity index is 1.61. The van der Waals surface area contributed by atoms with Crippen molar-refractivity contribution in [1.29, 1.82) is 0 Å². The van der Waals surface area contributed by atoms with E-state index in [1.807, 2.05) is 26.0 Å². The molecule has 0 radical (unpaired) electrons. The zero-order valence-corrected chi connectivity index (χ0v) is 26.7. The number of amides is 1. The van der Waals surface area contributed by atoms with Crippen LogP contribution in [0, 0.1) is 56.8 Å². The van der Waals surface area contributed by atoms with E-state index in [1.54, 1.807) is 0 Å². The van der Waals surface area contributed by atoms with E-state index in [-0.39, 0.29) is 76.1 Å². The van der Waals surface area contributed by atoms with E-state index in [0.29, 0.717) is 6.42 Å². The highest BCUT2D eigenvalue weighted by Crippen LogP contribution is 2.74. The van der Waals surface area contributed by atoms with Crippen molar-refractivity contribution >= 4 is 23.3 Å². The molecular weight excluding hydrogens is 528 g/mol. The van der Waals surface area contributed by atoms with Gasteiger partial charge in [-0.05, 0) is 79.1 Å². The van der Waals surface area contributed by atoms with Crippen LogP contribution in [-0.4, -0.2) is 43.5 Å². The van der Waals surface area contributed by atoms with Gasteiger partial charge in [-0.25, -0.2) is 4.85 Å². The maximum atomic E-state index is 14.6. The van der Waals surface area contributed by atoms with Crippen molar-refractivity contribution in [2.45, 2.75) is 93.4 Å². The summed E-state index contributed by atoms with van der Waals surface area (Å²) < 4.78 is 4.94. The molecular formula is C35H48N2O5. The maximum Gasteiger partial charge on any atom is 0.246 e. The number of rotatable bonds is 5. The van der Waals surface area contributed by atoms with Crippen LogP contribution in [0.15, 0.2) is 23.4 Å². The van der Waals surface area contributed by atoms with Gasteiger partial charge < -0.3 is 14.8 Å². The average Bonchev–Trinajstić information content (AvgIpc) is 2.90. The van der Waals surface area contributed by atoms with Crippen LogP contribution in [0.1, 0.15) is 93.4 Å². The van der Waals surface area contributed by atoms with Crippen LogP contribution in [0.4, 0.5) is 0 Å². The molecule has 0 spiro atoms. The third-order valence-electron chi connectivity index (χ3n) is 13.1. The van der Waals surface area contributed by atoms with E-state index >= 15 is 0 Å². The Kier molecular flexibility index (Phi) is 7.13. The van der Waals surface area contributed by atoms with Crippen LogP contribution in [-0.2, 0) is 23.9 Å². The van der Waals surface area contributed by atoms with E-state index < -0.39 is 16.2 Å². The number of nitrogens with one attached hydrogen (secondary N) is 1. The molecule has 0 unspecified atom stereocenters. The Bertz CT molecular complexity index is 1350. The number of carbonyl (C=O) groups is 4. The minimum Gasteiger partial charge on any atom is -0.375 e. The molecule has 228 valence electrons. The molecule has 0 aromatic rings. The lowest BCUT2D eigenvalue weighted by molar-refractivity contribution is -0.177. The molecule has 0 aromatic heterocycles. The quantitative estimate of drug-likeness (QED) is 0.412. The molecule has 0 aromatic carbocycles. The molecule has 1 N–H and O–H groups in total. The zero-order chi connectivity index (χ0) is 31.1. The lowest BCUT2D eigenvalue weighted by Gasteiger charge is -2.69. The van der Waals surface area contributed by atoms with Gasteiger partial charge in [0.15, 0.2) is 17.3 Å². The fraction of sp³-hybridized carbons (Fsp3) is 0.743. The van der Waals surface area contributed by atoms with Gasteiger partial charge in [-0.2, -0.15) is 0 Å². The number of fused-ring (bicyclic) bond motifs is 7. The predicted molar refractivity (Wildman–Crippen MR) is 160 cm³/mol. The summed E-state index contributed by atoms with van der Waals surface area (Å²) >= 11 is 0. The van der Waals surface area contributed by atoms with Gasteiger partial charge in [0.1, 0.15) is 6.61 Å². The van der Waals surface area contributed by atoms with Gasteiger partial charge >= 0.3 is 0 Å². The van der Waals surface area contributed by atoms with E-state index in [2.05, 4.69) is 44.8 Å². The molecule has 0 aliphatic heterocycles. The molecule has 5 aliphatic carbocycles. The van der Waals surface area contributed by atoms with Gasteiger partial charge in [0, 0.05) is 29.3 Å². The van der Waals surface area contributed by atoms with Crippen molar-refractivity contribution in [2.24, 2.45) is 50.2 Å². The highest BCUT2D eigenvalue weighted by molar-refractivity contribution is 6.03. The Labute approximate surface area is 251 Å². The summed E-state index contributed by atoms with van der Waals surface area (Å²) in [6.45, 7) is 22.8. The Morgan fingerprint density at radius 3 is 2.33 bits per heavy atom. The topological polar surface area (TPSA) is 93.9 Å². The summed E-state index contributed by atoms with van der Waals surface area (Å²) in [4.78, 5) is 57.8. The number of methoxy groups -OCH3 is 1. The minimum absolute atomic E-state index is 0.00182. The molecule has 0 saturated heterocycles. The standard InChI is InChI=1S/C35H48N2O5/c1-30(2)12-14-35(26(39)19-37-27(40)20-42-9)15-13-34(7)28(21(35)17-30)23(38)16-25-32(5)18-22(36-8)29(41)31(3,4)24(32)10-11-33(25,34)6/h16,18,21,24,28H,10-15,17,19-20H2,1-7,9H3,(H,37,40)/t21-,24-,28-,32-,33+,34+,35-/m0/s1. The second-order valence-corrected chi connectivity index (χ2v) is 16.0. The largest absolute Gasteiger partial charge is 0.375 e. The second-order valence-electron chi connectivity index (χ2n) is 16.0. The third kappa shape index (κ3) is 4.07. The number of ether oxygens (including phenoxy) is 1. The first-order valence-electron chi connectivity index (χ1n) is 15.6. The van der Waals surface area contributed by atoms with Gasteiger partial charge in [-0.3, -0.25) is 14.4 Å². The molecule has 0 bridgehead atoms. The fourth-order valence-corrected chi connectivity index (χ4v) is 10.6. The molecule has 3 fully saturated rings. The highest BCUT2D eigenvalue weighted by Gasteiger charge is 2.70. The van der Waals surface area contributed by atoms with Crippen LogP contribution in [0.25, 0.3) is 4.85 Å². The molecule has 42 heavy (non-hydrogen) atoms. The fourth-order valence-electron chi connectivity index (χ4n) is 10.6. The van der Waals surface area contributed by atoms with Crippen molar-refractivity contribution in [1.82, 2.24) is 5.32 Å². The summed E-state index contributed by atoms with van der Waals surface area (Å²) in [5.74, 6) is -0.700. The molecule has 3 saturated carbocycles. The van der Waals surface area contributed by atoms with Crippen LogP contribution in [0.3, 0.4) is 0 Å². The van der Waals surface area contributed by atoms with Crippen molar-refractivity contribution in [3.05, 3.63) is 34.8 Å². The number of hydrogen-bond donors (Lipinski definition) is 1. The normalized spacial score (nSPS) is 41.5. The molecule has 1 amide bonds. The van der Waals surface area contributed by atoms with E-state index in [9.17, 15) is 19.2 Å². The number of nitrogens with zero attached hydrogens (tertiary/aromatic N) is 1. The van der Waals surface area contributed by atoms with Gasteiger partial charge in [-0.15, -0.1) is 0 Å². The summed E-state index contributed by atoms with van der Waals surface area (Å²) in [6, 6.07) is 0. The van der Waals surface area contributed by atoms with Crippen molar-refractivity contribution in [3.63, 3.8) is 0 Å². The smallest absolute Gasteiger partial charge is 0.246 e. The van der Waals surface area contributed by atoms with E-state index in [1.165, 1.54) is 7.11 Å². The summed E-state index contributed by atoms with van der Waals surface area (Å²) in [7, 11) is 1.46. The minimum atomic E-state index is -0.693. The van der Waals surface area contributed by atoms with Crippen molar-refractivity contribution < 1.29 is 23.9 Å². The molecule has 7 nitrogen and oxygen atoms in total. The van der Waals surface area contributed by atoms with Crippen LogP contribution < -0.4 is 5.32 Å². The SMILES string of the molecule is [C-]#[N+]C1=C[C@]2(C)C3=CC(=O)[C@@H]4[C@@H]5CC(C)(C)CC[C@]5(C(=O)CNC(=O)COC)CC[C@@]4(C)[C@]3(C)CC[C@H]2C(C)(C)C1=O. The van der Waals surface area contributed by atoms with Crippen LogP contribution in [0.5, 0.6) is 0 Å². The molecule has 7 atom stereocenters. The van der Waals surface area contributed by atoms with Gasteiger partial charge in [0.2, 0.25) is 11.6 Å².